The lowest BCUT2D eigenvalue weighted by atomic mass is 10.0. The molecule has 1 atom stereocenters. The number of aliphatic hydroxyl groups is 1. The molecule has 0 aliphatic heterocycles. The van der Waals surface area contributed by atoms with E-state index >= 15 is 0 Å². The Bertz CT molecular complexity index is 567. The molecular formula is C13H11F3O2. The standard InChI is InChI=1S/C13H11F3O2/c1-6-3-9(7(2)18-6)13(17)12-10(15)4-8(14)5-11(12)16/h3-5,13,17H,1-2H3. The van der Waals surface area contributed by atoms with E-state index in [2.05, 4.69) is 0 Å². The second-order valence-electron chi connectivity index (χ2n) is 4.05. The van der Waals surface area contributed by atoms with Crippen molar-refractivity contribution in [2.24, 2.45) is 0 Å². The number of aryl methyl sites for hydroxylation is 2. The minimum absolute atomic E-state index is 0.261. The summed E-state index contributed by atoms with van der Waals surface area (Å²) in [6, 6.07) is 2.55. The van der Waals surface area contributed by atoms with Gasteiger partial charge in [0.05, 0.1) is 5.56 Å². The van der Waals surface area contributed by atoms with Crippen LogP contribution >= 0.6 is 0 Å². The number of aliphatic hydroxyl groups excluding tert-OH is 1. The molecule has 0 radical (unpaired) electrons. The van der Waals surface area contributed by atoms with Crippen molar-refractivity contribution in [1.82, 2.24) is 0 Å². The van der Waals surface area contributed by atoms with Crippen LogP contribution in [0.1, 0.15) is 28.8 Å². The molecule has 0 saturated heterocycles. The van der Waals surface area contributed by atoms with Gasteiger partial charge in [0.25, 0.3) is 0 Å². The Balaban J connectivity index is 2.52. The van der Waals surface area contributed by atoms with E-state index in [1.54, 1.807) is 13.8 Å². The van der Waals surface area contributed by atoms with Crippen molar-refractivity contribution in [1.29, 1.82) is 0 Å². The van der Waals surface area contributed by atoms with Crippen molar-refractivity contribution < 1.29 is 22.7 Å². The first kappa shape index (κ1) is 12.7. The first-order valence-corrected chi connectivity index (χ1v) is 5.29. The third-order valence-electron chi connectivity index (χ3n) is 2.69. The molecule has 2 aromatic rings. The van der Waals surface area contributed by atoms with Crippen LogP contribution in [0.4, 0.5) is 13.2 Å². The Morgan fingerprint density at radius 3 is 2.06 bits per heavy atom. The van der Waals surface area contributed by atoms with Crippen LogP contribution in [0.25, 0.3) is 0 Å². The smallest absolute Gasteiger partial charge is 0.135 e. The zero-order valence-corrected chi connectivity index (χ0v) is 9.80. The minimum Gasteiger partial charge on any atom is -0.466 e. The van der Waals surface area contributed by atoms with E-state index < -0.39 is 29.1 Å². The van der Waals surface area contributed by atoms with Gasteiger partial charge in [0, 0.05) is 17.7 Å². The molecule has 1 unspecified atom stereocenters. The van der Waals surface area contributed by atoms with E-state index in [1.165, 1.54) is 6.07 Å². The third-order valence-corrected chi connectivity index (χ3v) is 2.69. The van der Waals surface area contributed by atoms with Crippen LogP contribution in [0.15, 0.2) is 22.6 Å². The van der Waals surface area contributed by atoms with Gasteiger partial charge < -0.3 is 9.52 Å². The highest BCUT2D eigenvalue weighted by atomic mass is 19.1. The molecule has 18 heavy (non-hydrogen) atoms. The van der Waals surface area contributed by atoms with Gasteiger partial charge in [-0.25, -0.2) is 13.2 Å². The van der Waals surface area contributed by atoms with Crippen molar-refractivity contribution in [3.05, 3.63) is 58.3 Å². The summed E-state index contributed by atoms with van der Waals surface area (Å²) in [5.74, 6) is -2.40. The summed E-state index contributed by atoms with van der Waals surface area (Å²) in [6.07, 6.45) is -1.52. The SMILES string of the molecule is Cc1cc(C(O)c2c(F)cc(F)cc2F)c(C)o1. The van der Waals surface area contributed by atoms with Crippen molar-refractivity contribution in [3.8, 4) is 0 Å². The largest absolute Gasteiger partial charge is 0.466 e. The highest BCUT2D eigenvalue weighted by Crippen LogP contribution is 2.30. The van der Waals surface area contributed by atoms with Gasteiger partial charge in [-0.1, -0.05) is 0 Å². The van der Waals surface area contributed by atoms with Gasteiger partial charge in [-0.3, -0.25) is 0 Å². The van der Waals surface area contributed by atoms with Gasteiger partial charge in [-0.15, -0.1) is 0 Å². The Morgan fingerprint density at radius 1 is 1.06 bits per heavy atom. The second kappa shape index (κ2) is 4.49. The Labute approximate surface area is 102 Å². The molecule has 1 aromatic heterocycles. The molecule has 1 aromatic carbocycles. The van der Waals surface area contributed by atoms with Crippen molar-refractivity contribution >= 4 is 0 Å². The van der Waals surface area contributed by atoms with E-state index in [1.807, 2.05) is 0 Å². The summed E-state index contributed by atoms with van der Waals surface area (Å²) in [4.78, 5) is 0. The average Bonchev–Trinajstić information content (AvgIpc) is 2.56. The lowest BCUT2D eigenvalue weighted by Gasteiger charge is -2.12. The van der Waals surface area contributed by atoms with Crippen LogP contribution in [0.5, 0.6) is 0 Å². The lowest BCUT2D eigenvalue weighted by molar-refractivity contribution is 0.206. The van der Waals surface area contributed by atoms with E-state index in [-0.39, 0.29) is 5.56 Å². The average molecular weight is 256 g/mol. The van der Waals surface area contributed by atoms with Crippen LogP contribution in [-0.2, 0) is 0 Å². The fourth-order valence-corrected chi connectivity index (χ4v) is 1.89. The van der Waals surface area contributed by atoms with Crippen molar-refractivity contribution in [3.63, 3.8) is 0 Å². The first-order chi connectivity index (χ1) is 8.40. The summed E-state index contributed by atoms with van der Waals surface area (Å²) in [5, 5.41) is 9.98. The Hall–Kier alpha value is -1.75. The number of hydrogen-bond acceptors (Lipinski definition) is 2. The molecule has 1 N–H and O–H groups in total. The maximum atomic E-state index is 13.5. The quantitative estimate of drug-likeness (QED) is 0.893. The lowest BCUT2D eigenvalue weighted by Crippen LogP contribution is -2.06. The van der Waals surface area contributed by atoms with Crippen molar-refractivity contribution in [2.75, 3.05) is 0 Å². The van der Waals surface area contributed by atoms with Crippen LogP contribution in [0, 0.1) is 31.3 Å². The third kappa shape index (κ3) is 2.13. The van der Waals surface area contributed by atoms with E-state index in [0.717, 1.165) is 0 Å². The number of halogens is 3. The van der Waals surface area contributed by atoms with Gasteiger partial charge in [0.1, 0.15) is 35.1 Å². The summed E-state index contributed by atoms with van der Waals surface area (Å²) < 4.78 is 45.0. The second-order valence-corrected chi connectivity index (χ2v) is 4.05. The first-order valence-electron chi connectivity index (χ1n) is 5.29. The van der Waals surface area contributed by atoms with Gasteiger partial charge in [-0.05, 0) is 19.9 Å². The predicted octanol–water partition coefficient (Wildman–Crippen LogP) is 3.40. The summed E-state index contributed by atoms with van der Waals surface area (Å²) >= 11 is 0. The topological polar surface area (TPSA) is 33.4 Å². The van der Waals surface area contributed by atoms with Gasteiger partial charge in [0.2, 0.25) is 0 Å². The number of furan rings is 1. The molecule has 0 aliphatic carbocycles. The maximum Gasteiger partial charge on any atom is 0.135 e. The zero-order valence-electron chi connectivity index (χ0n) is 9.80. The molecule has 5 heteroatoms. The fourth-order valence-electron chi connectivity index (χ4n) is 1.89. The predicted molar refractivity (Wildman–Crippen MR) is 58.6 cm³/mol. The molecular weight excluding hydrogens is 245 g/mol. The van der Waals surface area contributed by atoms with Crippen molar-refractivity contribution in [2.45, 2.75) is 20.0 Å². The van der Waals surface area contributed by atoms with Crippen LogP contribution in [-0.4, -0.2) is 5.11 Å². The Kier molecular flexibility index (Phi) is 3.17. The fraction of sp³-hybridized carbons (Fsp3) is 0.231. The summed E-state index contributed by atoms with van der Waals surface area (Å²) in [7, 11) is 0. The van der Waals surface area contributed by atoms with E-state index in [9.17, 15) is 18.3 Å². The Morgan fingerprint density at radius 2 is 1.61 bits per heavy atom. The summed E-state index contributed by atoms with van der Waals surface area (Å²) in [5.41, 5.74) is -0.322. The van der Waals surface area contributed by atoms with Crippen LogP contribution < -0.4 is 0 Å². The highest BCUT2D eigenvalue weighted by molar-refractivity contribution is 5.34. The zero-order chi connectivity index (χ0) is 13.4. The maximum absolute atomic E-state index is 13.5. The number of rotatable bonds is 2. The highest BCUT2D eigenvalue weighted by Gasteiger charge is 2.24. The van der Waals surface area contributed by atoms with Gasteiger partial charge in [0.15, 0.2) is 0 Å². The molecule has 96 valence electrons. The number of benzene rings is 1. The summed E-state index contributed by atoms with van der Waals surface area (Å²) in [6.45, 7) is 3.23. The molecule has 1 heterocycles. The molecule has 0 aliphatic rings. The van der Waals surface area contributed by atoms with E-state index in [0.29, 0.717) is 23.7 Å². The molecule has 0 fully saturated rings. The van der Waals surface area contributed by atoms with Gasteiger partial charge >= 0.3 is 0 Å². The molecule has 2 rings (SSSR count). The molecule has 0 saturated carbocycles. The number of hydrogen-bond donors (Lipinski definition) is 1. The normalized spacial score (nSPS) is 12.8. The van der Waals surface area contributed by atoms with Gasteiger partial charge in [-0.2, -0.15) is 0 Å². The minimum atomic E-state index is -1.52. The molecule has 0 bridgehead atoms. The molecule has 0 spiro atoms. The molecule has 0 amide bonds. The van der Waals surface area contributed by atoms with Crippen LogP contribution in [0.2, 0.25) is 0 Å². The van der Waals surface area contributed by atoms with E-state index in [4.69, 9.17) is 4.42 Å². The van der Waals surface area contributed by atoms with Crippen LogP contribution in [0.3, 0.4) is 0 Å². The molecule has 2 nitrogen and oxygen atoms in total. The monoisotopic (exact) mass is 256 g/mol.